The van der Waals surface area contributed by atoms with Crippen LogP contribution in [0.1, 0.15) is 18.9 Å². The summed E-state index contributed by atoms with van der Waals surface area (Å²) in [7, 11) is 0. The molecule has 0 aromatic heterocycles. The van der Waals surface area contributed by atoms with Crippen molar-refractivity contribution in [3.63, 3.8) is 0 Å². The van der Waals surface area contributed by atoms with Crippen LogP contribution in [0.5, 0.6) is 0 Å². The molecule has 1 aromatic rings. The molecular weight excluding hydrogens is 288 g/mol. The van der Waals surface area contributed by atoms with E-state index in [1.54, 1.807) is 24.3 Å². The molecule has 1 aromatic carbocycles. The standard InChI is InChI=1S/C15H20N2O5/c1-10(18)7-13(19)17-12(15(22)16-9-14(20)21)8-11-5-3-2-4-6-11/h2-6,10,12,18H,7-9H2,1H3,(H,16,22)(H,17,19)(H,20,21). The molecule has 7 nitrogen and oxygen atoms in total. The first-order chi connectivity index (χ1) is 10.4. The third-order valence-corrected chi connectivity index (χ3v) is 2.83. The quantitative estimate of drug-likeness (QED) is 0.525. The molecule has 7 heteroatoms. The number of aliphatic hydroxyl groups excluding tert-OH is 1. The van der Waals surface area contributed by atoms with Gasteiger partial charge in [0, 0.05) is 6.42 Å². The highest BCUT2D eigenvalue weighted by atomic mass is 16.4. The van der Waals surface area contributed by atoms with Gasteiger partial charge in [-0.1, -0.05) is 30.3 Å². The van der Waals surface area contributed by atoms with Crippen molar-refractivity contribution in [1.82, 2.24) is 10.6 Å². The van der Waals surface area contributed by atoms with Gasteiger partial charge in [-0.3, -0.25) is 14.4 Å². The van der Waals surface area contributed by atoms with Crippen LogP contribution in [0.4, 0.5) is 0 Å². The van der Waals surface area contributed by atoms with Crippen molar-refractivity contribution in [2.75, 3.05) is 6.54 Å². The van der Waals surface area contributed by atoms with Crippen molar-refractivity contribution in [3.05, 3.63) is 35.9 Å². The van der Waals surface area contributed by atoms with Crippen molar-refractivity contribution in [2.45, 2.75) is 31.9 Å². The fraction of sp³-hybridized carbons (Fsp3) is 0.400. The molecule has 120 valence electrons. The molecule has 0 saturated heterocycles. The molecule has 0 aliphatic carbocycles. The summed E-state index contributed by atoms with van der Waals surface area (Å²) in [6.07, 6.45) is -0.713. The molecule has 0 aliphatic rings. The maximum atomic E-state index is 12.0. The van der Waals surface area contributed by atoms with Crippen LogP contribution in [-0.4, -0.2) is 46.7 Å². The van der Waals surface area contributed by atoms with Crippen molar-refractivity contribution in [1.29, 1.82) is 0 Å². The van der Waals surface area contributed by atoms with Gasteiger partial charge < -0.3 is 20.8 Å². The average Bonchev–Trinajstić information content (AvgIpc) is 2.44. The summed E-state index contributed by atoms with van der Waals surface area (Å²) < 4.78 is 0. The lowest BCUT2D eigenvalue weighted by Crippen LogP contribution is -2.49. The van der Waals surface area contributed by atoms with Crippen LogP contribution >= 0.6 is 0 Å². The Morgan fingerprint density at radius 3 is 2.36 bits per heavy atom. The molecule has 0 spiro atoms. The maximum absolute atomic E-state index is 12.0. The van der Waals surface area contributed by atoms with E-state index in [0.29, 0.717) is 0 Å². The minimum Gasteiger partial charge on any atom is -0.480 e. The maximum Gasteiger partial charge on any atom is 0.322 e. The van der Waals surface area contributed by atoms with Crippen LogP contribution in [0, 0.1) is 0 Å². The number of carboxylic acid groups (broad SMARTS) is 1. The van der Waals surface area contributed by atoms with Crippen molar-refractivity contribution < 1.29 is 24.6 Å². The first-order valence-corrected chi connectivity index (χ1v) is 6.89. The molecule has 2 unspecified atom stereocenters. The van der Waals surface area contributed by atoms with Crippen LogP contribution < -0.4 is 10.6 Å². The zero-order valence-corrected chi connectivity index (χ0v) is 12.3. The zero-order valence-electron chi connectivity index (χ0n) is 12.3. The predicted molar refractivity (Wildman–Crippen MR) is 79.0 cm³/mol. The number of aliphatic hydroxyl groups is 1. The number of rotatable bonds is 8. The second kappa shape index (κ2) is 8.78. The first kappa shape index (κ1) is 17.6. The van der Waals surface area contributed by atoms with E-state index in [0.717, 1.165) is 5.56 Å². The van der Waals surface area contributed by atoms with E-state index in [9.17, 15) is 19.5 Å². The van der Waals surface area contributed by atoms with Crippen molar-refractivity contribution >= 4 is 17.8 Å². The second-order valence-electron chi connectivity index (χ2n) is 4.97. The average molecular weight is 308 g/mol. The molecule has 1 rings (SSSR count). The predicted octanol–water partition coefficient (Wildman–Crippen LogP) is -0.314. The van der Waals surface area contributed by atoms with E-state index < -0.39 is 36.5 Å². The Morgan fingerprint density at radius 1 is 1.18 bits per heavy atom. The SMILES string of the molecule is CC(O)CC(=O)NC(Cc1ccccc1)C(=O)NCC(=O)O. The Morgan fingerprint density at radius 2 is 1.82 bits per heavy atom. The zero-order chi connectivity index (χ0) is 16.5. The Balaban J connectivity index is 2.73. The fourth-order valence-corrected chi connectivity index (χ4v) is 1.87. The number of hydrogen-bond donors (Lipinski definition) is 4. The monoisotopic (exact) mass is 308 g/mol. The summed E-state index contributed by atoms with van der Waals surface area (Å²) in [5, 5.41) is 22.6. The Bertz CT molecular complexity index is 516. The van der Waals surface area contributed by atoms with E-state index in [1.807, 2.05) is 6.07 Å². The van der Waals surface area contributed by atoms with Crippen LogP contribution in [0.3, 0.4) is 0 Å². The number of carbonyl (C=O) groups excluding carboxylic acids is 2. The largest absolute Gasteiger partial charge is 0.480 e. The topological polar surface area (TPSA) is 116 Å². The lowest BCUT2D eigenvalue weighted by atomic mass is 10.0. The molecule has 0 bridgehead atoms. The van der Waals surface area contributed by atoms with Crippen LogP contribution in [0.15, 0.2) is 30.3 Å². The number of carbonyl (C=O) groups is 3. The fourth-order valence-electron chi connectivity index (χ4n) is 1.87. The van der Waals surface area contributed by atoms with Gasteiger partial charge in [-0.15, -0.1) is 0 Å². The van der Waals surface area contributed by atoms with Gasteiger partial charge in [0.15, 0.2) is 0 Å². The number of aliphatic carboxylic acids is 1. The smallest absolute Gasteiger partial charge is 0.322 e. The van der Waals surface area contributed by atoms with Gasteiger partial charge >= 0.3 is 5.97 Å². The van der Waals surface area contributed by atoms with Gasteiger partial charge in [0.1, 0.15) is 12.6 Å². The molecule has 2 amide bonds. The number of nitrogens with one attached hydrogen (secondary N) is 2. The number of hydrogen-bond acceptors (Lipinski definition) is 4. The Kier molecular flexibility index (Phi) is 7.04. The van der Waals surface area contributed by atoms with Gasteiger partial charge in [-0.2, -0.15) is 0 Å². The summed E-state index contributed by atoms with van der Waals surface area (Å²) in [4.78, 5) is 34.3. The van der Waals surface area contributed by atoms with E-state index in [-0.39, 0.29) is 12.8 Å². The molecule has 0 saturated carbocycles. The molecule has 2 atom stereocenters. The van der Waals surface area contributed by atoms with Gasteiger partial charge in [-0.05, 0) is 12.5 Å². The summed E-state index contributed by atoms with van der Waals surface area (Å²) in [5.41, 5.74) is 0.829. The summed E-state index contributed by atoms with van der Waals surface area (Å²) in [5.74, 6) is -2.21. The number of amides is 2. The number of benzene rings is 1. The first-order valence-electron chi connectivity index (χ1n) is 6.89. The van der Waals surface area contributed by atoms with Gasteiger partial charge in [0.05, 0.1) is 12.5 Å². The van der Waals surface area contributed by atoms with E-state index in [4.69, 9.17) is 5.11 Å². The van der Waals surface area contributed by atoms with E-state index in [2.05, 4.69) is 10.6 Å². The Labute approximate surface area is 128 Å². The normalized spacial score (nSPS) is 13.0. The number of carboxylic acids is 1. The van der Waals surface area contributed by atoms with Crippen molar-refractivity contribution in [2.24, 2.45) is 0 Å². The van der Waals surface area contributed by atoms with E-state index in [1.165, 1.54) is 6.92 Å². The summed E-state index contributed by atoms with van der Waals surface area (Å²) >= 11 is 0. The van der Waals surface area contributed by atoms with Crippen LogP contribution in [-0.2, 0) is 20.8 Å². The highest BCUT2D eigenvalue weighted by Crippen LogP contribution is 2.04. The highest BCUT2D eigenvalue weighted by molar-refractivity contribution is 5.89. The van der Waals surface area contributed by atoms with Gasteiger partial charge in [-0.25, -0.2) is 0 Å². The van der Waals surface area contributed by atoms with Gasteiger partial charge in [0.25, 0.3) is 0 Å². The third-order valence-electron chi connectivity index (χ3n) is 2.83. The lowest BCUT2D eigenvalue weighted by Gasteiger charge is -2.18. The summed E-state index contributed by atoms with van der Waals surface area (Å²) in [6, 6.07) is 8.15. The van der Waals surface area contributed by atoms with Crippen LogP contribution in [0.25, 0.3) is 0 Å². The molecule has 22 heavy (non-hydrogen) atoms. The van der Waals surface area contributed by atoms with Crippen molar-refractivity contribution in [3.8, 4) is 0 Å². The summed E-state index contributed by atoms with van der Waals surface area (Å²) in [6.45, 7) is 0.951. The molecule has 0 aliphatic heterocycles. The van der Waals surface area contributed by atoms with E-state index >= 15 is 0 Å². The van der Waals surface area contributed by atoms with Gasteiger partial charge in [0.2, 0.25) is 11.8 Å². The molecule has 4 N–H and O–H groups in total. The minimum absolute atomic E-state index is 0.127. The second-order valence-corrected chi connectivity index (χ2v) is 4.97. The molecule has 0 heterocycles. The highest BCUT2D eigenvalue weighted by Gasteiger charge is 2.22. The Hall–Kier alpha value is -2.41. The lowest BCUT2D eigenvalue weighted by molar-refractivity contribution is -0.138. The third kappa shape index (κ3) is 6.85. The molecular formula is C15H20N2O5. The van der Waals surface area contributed by atoms with Crippen LogP contribution in [0.2, 0.25) is 0 Å². The molecule has 0 fully saturated rings. The molecule has 0 radical (unpaired) electrons. The minimum atomic E-state index is -1.16.